The second kappa shape index (κ2) is 10.1. The number of carbonyl (C=O) groups is 3. The van der Waals surface area contributed by atoms with Crippen LogP contribution in [0, 0.1) is 5.41 Å². The van der Waals surface area contributed by atoms with Crippen molar-refractivity contribution in [2.45, 2.75) is 44.6 Å². The second-order valence-electron chi connectivity index (χ2n) is 10.0. The minimum absolute atomic E-state index is 0.0403. The van der Waals surface area contributed by atoms with Gasteiger partial charge in [-0.05, 0) is 48.9 Å². The van der Waals surface area contributed by atoms with E-state index in [1.165, 1.54) is 0 Å². The van der Waals surface area contributed by atoms with Crippen molar-refractivity contribution in [1.29, 1.82) is 0 Å². The average molecular weight is 481 g/mol. The molecule has 0 spiro atoms. The third-order valence-electron chi connectivity index (χ3n) is 6.76. The quantitative estimate of drug-likeness (QED) is 0.531. The molecule has 0 radical (unpaired) electrons. The fourth-order valence-corrected chi connectivity index (χ4v) is 5.00. The van der Waals surface area contributed by atoms with Crippen molar-refractivity contribution in [2.24, 2.45) is 5.41 Å². The van der Waals surface area contributed by atoms with Crippen molar-refractivity contribution >= 4 is 18.0 Å². The van der Waals surface area contributed by atoms with E-state index < -0.39 is 23.0 Å². The first-order valence-electron chi connectivity index (χ1n) is 11.9. The van der Waals surface area contributed by atoms with E-state index in [2.05, 4.69) is 34.9 Å². The van der Waals surface area contributed by atoms with E-state index in [4.69, 9.17) is 14.6 Å². The van der Waals surface area contributed by atoms with Gasteiger partial charge in [0, 0.05) is 24.6 Å². The van der Waals surface area contributed by atoms with Crippen molar-refractivity contribution in [3.63, 3.8) is 0 Å². The van der Waals surface area contributed by atoms with Crippen molar-refractivity contribution in [1.82, 2.24) is 10.6 Å². The first-order chi connectivity index (χ1) is 16.7. The summed E-state index contributed by atoms with van der Waals surface area (Å²) in [6.45, 7) is 4.23. The van der Waals surface area contributed by atoms with Crippen molar-refractivity contribution in [3.8, 4) is 11.1 Å². The molecular weight excluding hydrogens is 448 g/mol. The molecule has 4 rings (SSSR count). The highest BCUT2D eigenvalue weighted by atomic mass is 16.5. The molecule has 0 saturated carbocycles. The number of hydrogen-bond donors (Lipinski definition) is 3. The fraction of sp³-hybridized carbons (Fsp3) is 0.444. The highest BCUT2D eigenvalue weighted by Gasteiger charge is 2.43. The summed E-state index contributed by atoms with van der Waals surface area (Å²) in [6.07, 6.45) is 0.370. The van der Waals surface area contributed by atoms with Crippen LogP contribution in [-0.2, 0) is 19.1 Å². The smallest absolute Gasteiger partial charge is 0.407 e. The minimum Gasteiger partial charge on any atom is -0.481 e. The number of carboxylic acid groups (broad SMARTS) is 1. The topological polar surface area (TPSA) is 114 Å². The third-order valence-corrected chi connectivity index (χ3v) is 6.76. The number of rotatable bonds is 8. The van der Waals surface area contributed by atoms with Gasteiger partial charge in [0.2, 0.25) is 5.91 Å². The van der Waals surface area contributed by atoms with Gasteiger partial charge < -0.3 is 25.2 Å². The summed E-state index contributed by atoms with van der Waals surface area (Å²) in [5, 5.41) is 14.7. The van der Waals surface area contributed by atoms with Crippen LogP contribution in [0.2, 0.25) is 0 Å². The lowest BCUT2D eigenvalue weighted by Gasteiger charge is -2.38. The molecule has 1 unspecified atom stereocenters. The van der Waals surface area contributed by atoms with E-state index in [-0.39, 0.29) is 38.0 Å². The summed E-state index contributed by atoms with van der Waals surface area (Å²) in [7, 11) is 0. The van der Waals surface area contributed by atoms with Gasteiger partial charge in [-0.15, -0.1) is 0 Å². The zero-order valence-corrected chi connectivity index (χ0v) is 20.1. The maximum absolute atomic E-state index is 13.2. The first-order valence-corrected chi connectivity index (χ1v) is 11.9. The molecule has 8 nitrogen and oxygen atoms in total. The SMILES string of the molecule is CC(C)(CC(=O)O)NC(=O)C1(CNC(=O)OCC2c3ccccc3-c3ccccc32)CCCOC1. The molecule has 2 aromatic carbocycles. The van der Waals surface area contributed by atoms with Gasteiger partial charge in [0.05, 0.1) is 18.4 Å². The lowest BCUT2D eigenvalue weighted by atomic mass is 9.80. The van der Waals surface area contributed by atoms with Crippen LogP contribution < -0.4 is 10.6 Å². The van der Waals surface area contributed by atoms with Crippen molar-refractivity contribution in [2.75, 3.05) is 26.4 Å². The lowest BCUT2D eigenvalue weighted by molar-refractivity contribution is -0.142. The van der Waals surface area contributed by atoms with E-state index in [0.717, 1.165) is 22.3 Å². The lowest BCUT2D eigenvalue weighted by Crippen LogP contribution is -2.57. The number of aliphatic carboxylic acids is 1. The molecule has 0 bridgehead atoms. The van der Waals surface area contributed by atoms with Crippen molar-refractivity contribution in [3.05, 3.63) is 59.7 Å². The van der Waals surface area contributed by atoms with Gasteiger partial charge in [-0.2, -0.15) is 0 Å². The van der Waals surface area contributed by atoms with E-state index in [0.29, 0.717) is 19.4 Å². The maximum Gasteiger partial charge on any atom is 0.407 e. The van der Waals surface area contributed by atoms with Crippen LogP contribution in [0.25, 0.3) is 11.1 Å². The molecule has 1 heterocycles. The summed E-state index contributed by atoms with van der Waals surface area (Å²) >= 11 is 0. The molecule has 186 valence electrons. The van der Waals surface area contributed by atoms with Gasteiger partial charge >= 0.3 is 12.1 Å². The van der Waals surface area contributed by atoms with Gasteiger partial charge in [0.15, 0.2) is 0 Å². The molecule has 2 aliphatic rings. The van der Waals surface area contributed by atoms with Crippen LogP contribution in [0.15, 0.2) is 48.5 Å². The van der Waals surface area contributed by atoms with Crippen LogP contribution in [0.4, 0.5) is 4.79 Å². The summed E-state index contributed by atoms with van der Waals surface area (Å²) < 4.78 is 11.2. The molecule has 1 aliphatic heterocycles. The molecule has 2 aromatic rings. The van der Waals surface area contributed by atoms with Crippen molar-refractivity contribution < 1.29 is 29.0 Å². The zero-order chi connectivity index (χ0) is 25.1. The highest BCUT2D eigenvalue weighted by molar-refractivity contribution is 5.85. The number of hydrogen-bond acceptors (Lipinski definition) is 5. The zero-order valence-electron chi connectivity index (χ0n) is 20.1. The highest BCUT2D eigenvalue weighted by Crippen LogP contribution is 2.44. The second-order valence-corrected chi connectivity index (χ2v) is 10.0. The Morgan fingerprint density at radius 3 is 2.29 bits per heavy atom. The van der Waals surface area contributed by atoms with Gasteiger partial charge in [0.25, 0.3) is 0 Å². The largest absolute Gasteiger partial charge is 0.481 e. The number of benzene rings is 2. The standard InChI is InChI=1S/C27H32N2O6/c1-26(2,14-23(30)31)29-24(32)27(12-7-13-34-17-27)16-28-25(33)35-15-22-20-10-5-3-8-18(20)19-9-4-6-11-21(19)22/h3-6,8-11,22H,7,12-17H2,1-2H3,(H,28,33)(H,29,32)(H,30,31). The Balaban J connectivity index is 1.39. The van der Waals surface area contributed by atoms with Gasteiger partial charge in [-0.25, -0.2) is 4.79 Å². The number of carboxylic acids is 1. The van der Waals surface area contributed by atoms with Crippen LogP contribution in [-0.4, -0.2) is 55.0 Å². The van der Waals surface area contributed by atoms with E-state index in [1.54, 1.807) is 13.8 Å². The normalized spacial score (nSPS) is 19.4. The summed E-state index contributed by atoms with van der Waals surface area (Å²) in [5.41, 5.74) is 2.63. The summed E-state index contributed by atoms with van der Waals surface area (Å²) in [5.74, 6) is -1.39. The number of amides is 2. The Morgan fingerprint density at radius 2 is 1.71 bits per heavy atom. The van der Waals surface area contributed by atoms with E-state index in [1.807, 2.05) is 24.3 Å². The Bertz CT molecular complexity index is 1060. The van der Waals surface area contributed by atoms with Crippen LogP contribution >= 0.6 is 0 Å². The Labute approximate surface area is 205 Å². The number of nitrogens with one attached hydrogen (secondary N) is 2. The number of fused-ring (bicyclic) bond motifs is 3. The fourth-order valence-electron chi connectivity index (χ4n) is 5.00. The monoisotopic (exact) mass is 480 g/mol. The summed E-state index contributed by atoms with van der Waals surface area (Å²) in [4.78, 5) is 37.0. The molecule has 1 fully saturated rings. The summed E-state index contributed by atoms with van der Waals surface area (Å²) in [6, 6.07) is 16.2. The molecule has 0 aromatic heterocycles. The molecule has 1 atom stereocenters. The number of alkyl carbamates (subject to hydrolysis) is 1. The van der Waals surface area contributed by atoms with Gasteiger partial charge in [-0.3, -0.25) is 9.59 Å². The van der Waals surface area contributed by atoms with Gasteiger partial charge in [0.1, 0.15) is 6.61 Å². The molecule has 3 N–H and O–H groups in total. The minimum atomic E-state index is -0.999. The molecule has 8 heteroatoms. The molecule has 2 amide bonds. The predicted octanol–water partition coefficient (Wildman–Crippen LogP) is 3.69. The number of ether oxygens (including phenoxy) is 2. The van der Waals surface area contributed by atoms with Crippen LogP contribution in [0.3, 0.4) is 0 Å². The Morgan fingerprint density at radius 1 is 1.09 bits per heavy atom. The molecule has 1 aliphatic carbocycles. The molecular formula is C27H32N2O6. The molecule has 35 heavy (non-hydrogen) atoms. The Hall–Kier alpha value is -3.39. The maximum atomic E-state index is 13.2. The third kappa shape index (κ3) is 5.48. The van der Waals surface area contributed by atoms with Gasteiger partial charge in [-0.1, -0.05) is 48.5 Å². The first kappa shape index (κ1) is 24.7. The van der Waals surface area contributed by atoms with E-state index >= 15 is 0 Å². The number of carbonyl (C=O) groups excluding carboxylic acids is 2. The average Bonchev–Trinajstić information content (AvgIpc) is 3.14. The van der Waals surface area contributed by atoms with Crippen LogP contribution in [0.5, 0.6) is 0 Å². The predicted molar refractivity (Wildman–Crippen MR) is 130 cm³/mol. The Kier molecular flexibility index (Phi) is 7.12. The van der Waals surface area contributed by atoms with Crippen LogP contribution in [0.1, 0.15) is 50.2 Å². The van der Waals surface area contributed by atoms with E-state index in [9.17, 15) is 14.4 Å². The molecule has 1 saturated heterocycles.